The van der Waals surface area contributed by atoms with Gasteiger partial charge in [-0.15, -0.1) is 0 Å². The molecular weight excluding hydrogens is 306 g/mol. The maximum atomic E-state index is 11.0. The summed E-state index contributed by atoms with van der Waals surface area (Å²) in [5.41, 5.74) is 4.11. The van der Waals surface area contributed by atoms with Crippen LogP contribution in [0.3, 0.4) is 0 Å². The Labute approximate surface area is 138 Å². The summed E-state index contributed by atoms with van der Waals surface area (Å²) in [5.74, 6) is 1.06. The SMILES string of the molecule is O=c1nc(N/N=C/c2ccc(OCc3ccccc3)cc2)cn[nH]1. The minimum absolute atomic E-state index is 0.276. The van der Waals surface area contributed by atoms with Crippen molar-refractivity contribution >= 4 is 12.0 Å². The van der Waals surface area contributed by atoms with Crippen molar-refractivity contribution in [3.63, 3.8) is 0 Å². The molecule has 0 saturated heterocycles. The van der Waals surface area contributed by atoms with Crippen LogP contribution in [0.4, 0.5) is 5.82 Å². The van der Waals surface area contributed by atoms with Crippen molar-refractivity contribution in [2.24, 2.45) is 5.10 Å². The minimum atomic E-state index is -0.532. The van der Waals surface area contributed by atoms with E-state index in [-0.39, 0.29) is 5.82 Å². The Morgan fingerprint density at radius 3 is 2.67 bits per heavy atom. The number of rotatable bonds is 6. The Hall–Kier alpha value is -3.48. The second-order valence-electron chi connectivity index (χ2n) is 4.89. The zero-order chi connectivity index (χ0) is 16.6. The molecule has 0 amide bonds. The van der Waals surface area contributed by atoms with E-state index in [1.54, 1.807) is 6.21 Å². The summed E-state index contributed by atoms with van der Waals surface area (Å²) in [6.45, 7) is 0.525. The zero-order valence-corrected chi connectivity index (χ0v) is 12.7. The molecule has 0 aliphatic carbocycles. The lowest BCUT2D eigenvalue weighted by Gasteiger charge is -2.06. The number of nitrogens with zero attached hydrogens (tertiary/aromatic N) is 3. The van der Waals surface area contributed by atoms with Gasteiger partial charge in [0.1, 0.15) is 12.4 Å². The molecule has 2 N–H and O–H groups in total. The van der Waals surface area contributed by atoms with Gasteiger partial charge in [0, 0.05) is 0 Å². The lowest BCUT2D eigenvalue weighted by Crippen LogP contribution is -2.13. The number of nitrogens with one attached hydrogen (secondary N) is 2. The van der Waals surface area contributed by atoms with Crippen LogP contribution in [-0.2, 0) is 6.61 Å². The Balaban J connectivity index is 1.54. The molecule has 0 spiro atoms. The molecular formula is C17H15N5O2. The molecule has 0 aliphatic rings. The van der Waals surface area contributed by atoms with E-state index in [0.29, 0.717) is 6.61 Å². The quantitative estimate of drug-likeness (QED) is 0.536. The molecule has 0 fully saturated rings. The van der Waals surface area contributed by atoms with E-state index < -0.39 is 5.69 Å². The summed E-state index contributed by atoms with van der Waals surface area (Å²) < 4.78 is 5.72. The maximum absolute atomic E-state index is 11.0. The van der Waals surface area contributed by atoms with Gasteiger partial charge >= 0.3 is 5.69 Å². The van der Waals surface area contributed by atoms with Crippen LogP contribution >= 0.6 is 0 Å². The van der Waals surface area contributed by atoms with Gasteiger partial charge in [-0.3, -0.25) is 5.43 Å². The van der Waals surface area contributed by atoms with E-state index in [0.717, 1.165) is 16.9 Å². The number of anilines is 1. The van der Waals surface area contributed by atoms with Gasteiger partial charge in [0.25, 0.3) is 0 Å². The fourth-order valence-corrected chi connectivity index (χ4v) is 1.93. The summed E-state index contributed by atoms with van der Waals surface area (Å²) in [6, 6.07) is 17.5. The summed E-state index contributed by atoms with van der Waals surface area (Å²) >= 11 is 0. The van der Waals surface area contributed by atoms with E-state index in [4.69, 9.17) is 4.74 Å². The molecule has 7 nitrogen and oxygen atoms in total. The number of hydrogen-bond acceptors (Lipinski definition) is 6. The third-order valence-corrected chi connectivity index (χ3v) is 3.09. The number of hydrogen-bond donors (Lipinski definition) is 2. The Kier molecular flexibility index (Phi) is 4.94. The second-order valence-corrected chi connectivity index (χ2v) is 4.89. The van der Waals surface area contributed by atoms with Gasteiger partial charge in [-0.2, -0.15) is 15.2 Å². The summed E-state index contributed by atoms with van der Waals surface area (Å²) in [6.07, 6.45) is 2.99. The van der Waals surface area contributed by atoms with E-state index in [1.165, 1.54) is 6.20 Å². The van der Waals surface area contributed by atoms with Gasteiger partial charge in [-0.25, -0.2) is 9.89 Å². The lowest BCUT2D eigenvalue weighted by molar-refractivity contribution is 0.306. The second kappa shape index (κ2) is 7.68. The van der Waals surface area contributed by atoms with Crippen LogP contribution in [0.1, 0.15) is 11.1 Å². The minimum Gasteiger partial charge on any atom is -0.489 e. The zero-order valence-electron chi connectivity index (χ0n) is 12.7. The molecule has 120 valence electrons. The molecule has 0 radical (unpaired) electrons. The first kappa shape index (κ1) is 15.4. The Morgan fingerprint density at radius 1 is 1.12 bits per heavy atom. The molecule has 24 heavy (non-hydrogen) atoms. The van der Waals surface area contributed by atoms with E-state index >= 15 is 0 Å². The monoisotopic (exact) mass is 321 g/mol. The molecule has 0 saturated carbocycles. The van der Waals surface area contributed by atoms with Crippen molar-refractivity contribution in [3.05, 3.63) is 82.4 Å². The van der Waals surface area contributed by atoms with Crippen molar-refractivity contribution in [1.82, 2.24) is 15.2 Å². The molecule has 0 aliphatic heterocycles. The van der Waals surface area contributed by atoms with Crippen LogP contribution in [0.25, 0.3) is 0 Å². The normalized spacial score (nSPS) is 10.7. The van der Waals surface area contributed by atoms with E-state index in [9.17, 15) is 4.79 Å². The fourth-order valence-electron chi connectivity index (χ4n) is 1.93. The lowest BCUT2D eigenvalue weighted by atomic mass is 10.2. The molecule has 7 heteroatoms. The van der Waals surface area contributed by atoms with Crippen LogP contribution in [0.15, 0.2) is 70.7 Å². The summed E-state index contributed by atoms with van der Waals surface area (Å²) in [4.78, 5) is 14.6. The molecule has 0 atom stereocenters. The van der Waals surface area contributed by atoms with Crippen molar-refractivity contribution in [1.29, 1.82) is 0 Å². The Morgan fingerprint density at radius 2 is 1.92 bits per heavy atom. The number of hydrazone groups is 1. The number of ether oxygens (including phenoxy) is 1. The number of aromatic amines is 1. The first-order chi connectivity index (χ1) is 11.8. The van der Waals surface area contributed by atoms with Crippen LogP contribution in [0, 0.1) is 0 Å². The van der Waals surface area contributed by atoms with Gasteiger partial charge in [-0.05, 0) is 35.4 Å². The Bertz CT molecular complexity index is 860. The topological polar surface area (TPSA) is 92.3 Å². The first-order valence-corrected chi connectivity index (χ1v) is 7.27. The van der Waals surface area contributed by atoms with Crippen LogP contribution in [0.2, 0.25) is 0 Å². The molecule has 3 aromatic rings. The van der Waals surface area contributed by atoms with Crippen molar-refractivity contribution in [2.45, 2.75) is 6.61 Å². The molecule has 3 rings (SSSR count). The third kappa shape index (κ3) is 4.51. The number of H-pyrrole nitrogens is 1. The van der Waals surface area contributed by atoms with Crippen LogP contribution < -0.4 is 15.9 Å². The molecule has 0 unspecified atom stereocenters. The summed E-state index contributed by atoms with van der Waals surface area (Å²) in [5, 5.41) is 9.81. The van der Waals surface area contributed by atoms with Gasteiger partial charge in [-0.1, -0.05) is 30.3 Å². The predicted molar refractivity (Wildman–Crippen MR) is 91.1 cm³/mol. The van der Waals surface area contributed by atoms with Crippen LogP contribution in [-0.4, -0.2) is 21.4 Å². The number of benzene rings is 2. The molecule has 2 aromatic carbocycles. The standard InChI is InChI=1S/C17H15N5O2/c23-17-20-16(11-19-22-17)21-18-10-13-6-8-15(9-7-13)24-12-14-4-2-1-3-5-14/h1-11H,12H2,(H2,20,21,22,23)/b18-10+. The van der Waals surface area contributed by atoms with Gasteiger partial charge < -0.3 is 4.74 Å². The third-order valence-electron chi connectivity index (χ3n) is 3.09. The highest BCUT2D eigenvalue weighted by atomic mass is 16.5. The van der Waals surface area contributed by atoms with Crippen molar-refractivity contribution in [2.75, 3.05) is 5.43 Å². The largest absolute Gasteiger partial charge is 0.489 e. The summed E-state index contributed by atoms with van der Waals surface area (Å²) in [7, 11) is 0. The van der Waals surface area contributed by atoms with Gasteiger partial charge in [0.15, 0.2) is 5.82 Å². The average molecular weight is 321 g/mol. The van der Waals surface area contributed by atoms with E-state index in [1.807, 2.05) is 54.6 Å². The molecule has 1 aromatic heterocycles. The van der Waals surface area contributed by atoms with E-state index in [2.05, 4.69) is 25.7 Å². The highest BCUT2D eigenvalue weighted by molar-refractivity contribution is 5.80. The fraction of sp³-hybridized carbons (Fsp3) is 0.0588. The van der Waals surface area contributed by atoms with Crippen molar-refractivity contribution in [3.8, 4) is 5.75 Å². The molecule has 0 bridgehead atoms. The highest BCUT2D eigenvalue weighted by Gasteiger charge is 1.96. The maximum Gasteiger partial charge on any atom is 0.363 e. The smallest absolute Gasteiger partial charge is 0.363 e. The van der Waals surface area contributed by atoms with Crippen molar-refractivity contribution < 1.29 is 4.74 Å². The van der Waals surface area contributed by atoms with Gasteiger partial charge in [0.05, 0.1) is 12.4 Å². The predicted octanol–water partition coefficient (Wildman–Crippen LogP) is 2.19. The van der Waals surface area contributed by atoms with Crippen LogP contribution in [0.5, 0.6) is 5.75 Å². The van der Waals surface area contributed by atoms with Gasteiger partial charge in [0.2, 0.25) is 0 Å². The molecule has 1 heterocycles. The first-order valence-electron chi connectivity index (χ1n) is 7.27. The number of aromatic nitrogens is 3. The average Bonchev–Trinajstić information content (AvgIpc) is 2.62. The highest BCUT2D eigenvalue weighted by Crippen LogP contribution is 2.13.